The molecule has 0 saturated heterocycles. The molecular formula is C35H24F2N4. The number of aliphatic imine (C=N–C) groups is 1. The van der Waals surface area contributed by atoms with Crippen molar-refractivity contribution in [1.82, 2.24) is 14.1 Å². The molecule has 0 saturated carbocycles. The monoisotopic (exact) mass is 538 g/mol. The van der Waals surface area contributed by atoms with Crippen molar-refractivity contribution in [2.24, 2.45) is 4.99 Å². The third-order valence-corrected chi connectivity index (χ3v) is 8.17. The quantitative estimate of drug-likeness (QED) is 0.221. The maximum Gasteiger partial charge on any atom is 0.133 e. The summed E-state index contributed by atoms with van der Waals surface area (Å²) >= 11 is 0. The van der Waals surface area contributed by atoms with Gasteiger partial charge < -0.3 is 9.13 Å². The van der Waals surface area contributed by atoms with Gasteiger partial charge in [0.1, 0.15) is 11.6 Å². The summed E-state index contributed by atoms with van der Waals surface area (Å²) in [7, 11) is 0. The maximum atomic E-state index is 15.8. The van der Waals surface area contributed by atoms with Crippen LogP contribution in [-0.2, 0) is 0 Å². The van der Waals surface area contributed by atoms with Crippen LogP contribution in [0.4, 0.5) is 14.5 Å². The highest BCUT2D eigenvalue weighted by Gasteiger charge is 2.25. The fourth-order valence-corrected chi connectivity index (χ4v) is 6.31. The van der Waals surface area contributed by atoms with E-state index in [1.165, 1.54) is 12.1 Å². The summed E-state index contributed by atoms with van der Waals surface area (Å²) in [6, 6.07) is 29.8. The van der Waals surface area contributed by atoms with Crippen molar-refractivity contribution in [3.63, 3.8) is 0 Å². The van der Waals surface area contributed by atoms with Gasteiger partial charge in [0.15, 0.2) is 0 Å². The van der Waals surface area contributed by atoms with Crippen molar-refractivity contribution >= 4 is 44.7 Å². The Morgan fingerprint density at radius 1 is 0.683 bits per heavy atom. The van der Waals surface area contributed by atoms with Crippen LogP contribution >= 0.6 is 0 Å². The number of hydrogen-bond donors (Lipinski definition) is 0. The minimum atomic E-state index is -0.490. The molecule has 4 aromatic carbocycles. The van der Waals surface area contributed by atoms with Crippen LogP contribution in [0, 0.1) is 11.6 Å². The van der Waals surface area contributed by atoms with Crippen LogP contribution in [0.15, 0.2) is 108 Å². The molecule has 4 nitrogen and oxygen atoms in total. The average molecular weight is 539 g/mol. The highest BCUT2D eigenvalue weighted by molar-refractivity contribution is 6.07. The Morgan fingerprint density at radius 2 is 1.29 bits per heavy atom. The summed E-state index contributed by atoms with van der Waals surface area (Å²) in [6.45, 7) is 2.16. The van der Waals surface area contributed by atoms with E-state index >= 15 is 8.78 Å². The fraction of sp³-hybridized carbons (Fsp3) is 0.0857. The lowest BCUT2D eigenvalue weighted by Gasteiger charge is -2.19. The van der Waals surface area contributed by atoms with E-state index < -0.39 is 11.6 Å². The van der Waals surface area contributed by atoms with E-state index in [1.807, 2.05) is 77.5 Å². The predicted molar refractivity (Wildman–Crippen MR) is 162 cm³/mol. The first-order valence-corrected chi connectivity index (χ1v) is 13.7. The molecule has 0 aliphatic carbocycles. The van der Waals surface area contributed by atoms with Crippen molar-refractivity contribution in [3.8, 4) is 22.5 Å². The molecule has 0 radical (unpaired) electrons. The highest BCUT2D eigenvalue weighted by atomic mass is 19.1. The third-order valence-electron chi connectivity index (χ3n) is 8.17. The second-order valence-corrected chi connectivity index (χ2v) is 10.6. The zero-order valence-corrected chi connectivity index (χ0v) is 22.2. The lowest BCUT2D eigenvalue weighted by atomic mass is 9.99. The van der Waals surface area contributed by atoms with Gasteiger partial charge in [0, 0.05) is 51.6 Å². The van der Waals surface area contributed by atoms with E-state index in [1.54, 1.807) is 18.3 Å². The zero-order valence-electron chi connectivity index (χ0n) is 22.2. The van der Waals surface area contributed by atoms with E-state index in [-0.39, 0.29) is 17.0 Å². The van der Waals surface area contributed by atoms with Gasteiger partial charge in [-0.05, 0) is 67.1 Å². The Bertz CT molecular complexity index is 2130. The Balaban J connectivity index is 1.24. The molecule has 8 rings (SSSR count). The van der Waals surface area contributed by atoms with E-state index in [0.717, 1.165) is 50.6 Å². The molecule has 3 aromatic heterocycles. The van der Waals surface area contributed by atoms with Gasteiger partial charge in [-0.2, -0.15) is 0 Å². The van der Waals surface area contributed by atoms with Gasteiger partial charge in [-0.1, -0.05) is 43.3 Å². The summed E-state index contributed by atoms with van der Waals surface area (Å²) in [5.74, 6) is -0.733. The number of pyridine rings is 1. The number of halogens is 2. The molecule has 1 atom stereocenters. The summed E-state index contributed by atoms with van der Waals surface area (Å²) in [5.41, 5.74) is 7.45. The van der Waals surface area contributed by atoms with Crippen LogP contribution < -0.4 is 0 Å². The van der Waals surface area contributed by atoms with Gasteiger partial charge in [0.05, 0.1) is 33.4 Å². The smallest absolute Gasteiger partial charge is 0.133 e. The van der Waals surface area contributed by atoms with Crippen LogP contribution in [0.3, 0.4) is 0 Å². The third kappa shape index (κ3) is 3.50. The predicted octanol–water partition coefficient (Wildman–Crippen LogP) is 9.28. The van der Waals surface area contributed by atoms with Crippen LogP contribution in [0.25, 0.3) is 55.3 Å². The minimum absolute atomic E-state index is 0.217. The summed E-state index contributed by atoms with van der Waals surface area (Å²) in [5, 5.41) is 2.03. The molecule has 1 unspecified atom stereocenters. The van der Waals surface area contributed by atoms with Gasteiger partial charge in [-0.25, -0.2) is 8.78 Å². The number of benzene rings is 4. The Kier molecular flexibility index (Phi) is 5.19. The van der Waals surface area contributed by atoms with Gasteiger partial charge >= 0.3 is 0 Å². The molecule has 1 aliphatic rings. The fourth-order valence-electron chi connectivity index (χ4n) is 6.31. The van der Waals surface area contributed by atoms with Crippen LogP contribution in [0.1, 0.15) is 25.0 Å². The largest absolute Gasteiger partial charge is 0.311 e. The van der Waals surface area contributed by atoms with Gasteiger partial charge in [-0.15, -0.1) is 0 Å². The number of nitrogens with zero attached hydrogens (tertiary/aromatic N) is 4. The standard InChI is InChI=1S/C35H24F2N4/c1-21-16-18-39-34-27-8-3-5-10-31(27)41(35(21)34)23-13-15-25(29(37)20-23)24-14-12-22(19-28(24)36)40-30-9-4-2-7-26(30)33-32(40)11-6-17-38-33/h2-15,17-21H,16H2,1H3. The van der Waals surface area contributed by atoms with E-state index in [4.69, 9.17) is 0 Å². The maximum absolute atomic E-state index is 15.8. The molecule has 4 heterocycles. The van der Waals surface area contributed by atoms with Crippen LogP contribution in [0.2, 0.25) is 0 Å². The molecule has 1 aliphatic heterocycles. The lowest BCUT2D eigenvalue weighted by Crippen LogP contribution is -2.07. The first-order chi connectivity index (χ1) is 20.1. The van der Waals surface area contributed by atoms with Crippen molar-refractivity contribution in [2.45, 2.75) is 19.3 Å². The first kappa shape index (κ1) is 23.8. The van der Waals surface area contributed by atoms with Crippen molar-refractivity contribution in [3.05, 3.63) is 121 Å². The Hall–Kier alpha value is -5.10. The van der Waals surface area contributed by atoms with Gasteiger partial charge in [0.25, 0.3) is 0 Å². The average Bonchev–Trinajstić information content (AvgIpc) is 3.52. The Labute approximate surface area is 234 Å². The summed E-state index contributed by atoms with van der Waals surface area (Å²) in [4.78, 5) is 9.25. The summed E-state index contributed by atoms with van der Waals surface area (Å²) in [6.07, 6.45) is 4.54. The molecule has 0 bridgehead atoms. The van der Waals surface area contributed by atoms with Crippen molar-refractivity contribution in [2.75, 3.05) is 0 Å². The lowest BCUT2D eigenvalue weighted by molar-refractivity contribution is 0.615. The molecule has 198 valence electrons. The first-order valence-electron chi connectivity index (χ1n) is 13.7. The topological polar surface area (TPSA) is 35.1 Å². The van der Waals surface area contributed by atoms with E-state index in [0.29, 0.717) is 11.4 Å². The molecular weight excluding hydrogens is 514 g/mol. The molecule has 0 amide bonds. The van der Waals surface area contributed by atoms with Crippen molar-refractivity contribution < 1.29 is 8.78 Å². The molecule has 0 fully saturated rings. The number of hydrogen-bond acceptors (Lipinski definition) is 2. The number of para-hydroxylation sites is 2. The SMILES string of the molecule is CC1CC=Nc2c1n(-c1ccc(-c3ccc(-n4c5ccccc5c5ncccc54)cc3F)c(F)c1)c1ccccc21. The summed E-state index contributed by atoms with van der Waals surface area (Å²) < 4.78 is 35.6. The van der Waals surface area contributed by atoms with Gasteiger partial charge in [0.2, 0.25) is 0 Å². The Morgan fingerprint density at radius 3 is 2.00 bits per heavy atom. The van der Waals surface area contributed by atoms with Crippen molar-refractivity contribution in [1.29, 1.82) is 0 Å². The molecule has 6 heteroatoms. The molecule has 41 heavy (non-hydrogen) atoms. The van der Waals surface area contributed by atoms with E-state index in [9.17, 15) is 0 Å². The highest BCUT2D eigenvalue weighted by Crippen LogP contribution is 2.43. The molecule has 0 spiro atoms. The molecule has 7 aromatic rings. The van der Waals surface area contributed by atoms with Crippen LogP contribution in [0.5, 0.6) is 0 Å². The van der Waals surface area contributed by atoms with E-state index in [2.05, 4.69) is 27.5 Å². The number of fused-ring (bicyclic) bond motifs is 6. The van der Waals surface area contributed by atoms with Crippen LogP contribution in [-0.4, -0.2) is 20.3 Å². The van der Waals surface area contributed by atoms with Gasteiger partial charge in [-0.3, -0.25) is 9.98 Å². The second-order valence-electron chi connectivity index (χ2n) is 10.6. The molecule has 0 N–H and O–H groups in total. The normalized spacial score (nSPS) is 14.8. The number of aromatic nitrogens is 3. The second kappa shape index (κ2) is 8.96. The zero-order chi connectivity index (χ0) is 27.7. The number of rotatable bonds is 3. The minimum Gasteiger partial charge on any atom is -0.311 e.